The Kier molecular flexibility index (Phi) is 6.57. The monoisotopic (exact) mass is 337 g/mol. The maximum absolute atomic E-state index is 13.6. The van der Waals surface area contributed by atoms with Crippen LogP contribution in [0.15, 0.2) is 18.2 Å². The van der Waals surface area contributed by atoms with Gasteiger partial charge in [-0.25, -0.2) is 12.8 Å². The van der Waals surface area contributed by atoms with Crippen LogP contribution in [0, 0.1) is 5.82 Å². The van der Waals surface area contributed by atoms with Gasteiger partial charge in [0.2, 0.25) is 5.91 Å². The number of rotatable bonds is 7. The zero-order valence-corrected chi connectivity index (χ0v) is 13.3. The number of carbonyl (C=O) groups excluding carboxylic acids is 1. The second-order valence-corrected chi connectivity index (χ2v) is 7.16. The molecule has 0 saturated carbocycles. The van der Waals surface area contributed by atoms with Gasteiger partial charge in [-0.15, -0.1) is 0 Å². The average molecular weight is 338 g/mol. The normalized spacial score (nSPS) is 13.0. The standard InChI is InChI=1S/C13H17ClFNO4S/c1-9(13(17)16-6-7-20-2)21(18,19)8-10-11(14)4-3-5-12(10)15/h3-5,9H,6-8H2,1-2H3,(H,16,17). The number of halogens is 2. The molecule has 1 N–H and O–H groups in total. The van der Waals surface area contributed by atoms with Gasteiger partial charge >= 0.3 is 0 Å². The van der Waals surface area contributed by atoms with E-state index in [1.54, 1.807) is 0 Å². The van der Waals surface area contributed by atoms with Crippen molar-refractivity contribution >= 4 is 27.3 Å². The highest BCUT2D eigenvalue weighted by molar-refractivity contribution is 7.92. The molecule has 1 unspecified atom stereocenters. The summed E-state index contributed by atoms with van der Waals surface area (Å²) in [6.45, 7) is 1.74. The number of hydrogen-bond acceptors (Lipinski definition) is 4. The molecule has 118 valence electrons. The number of ether oxygens (including phenoxy) is 1. The quantitative estimate of drug-likeness (QED) is 0.766. The SMILES string of the molecule is COCCNC(=O)C(C)S(=O)(=O)Cc1c(F)cccc1Cl. The van der Waals surface area contributed by atoms with Gasteiger partial charge in [0, 0.05) is 24.2 Å². The van der Waals surface area contributed by atoms with Crippen molar-refractivity contribution in [2.75, 3.05) is 20.3 Å². The number of nitrogens with one attached hydrogen (secondary N) is 1. The molecule has 0 aliphatic carbocycles. The van der Waals surface area contributed by atoms with E-state index in [1.807, 2.05) is 0 Å². The van der Waals surface area contributed by atoms with Crippen molar-refractivity contribution in [3.8, 4) is 0 Å². The van der Waals surface area contributed by atoms with E-state index in [9.17, 15) is 17.6 Å². The summed E-state index contributed by atoms with van der Waals surface area (Å²) in [7, 11) is -2.41. The van der Waals surface area contributed by atoms with E-state index in [4.69, 9.17) is 16.3 Å². The summed E-state index contributed by atoms with van der Waals surface area (Å²) in [4.78, 5) is 11.8. The lowest BCUT2D eigenvalue weighted by molar-refractivity contribution is -0.120. The van der Waals surface area contributed by atoms with Crippen LogP contribution in [0.5, 0.6) is 0 Å². The predicted molar refractivity (Wildman–Crippen MR) is 78.4 cm³/mol. The Morgan fingerprint density at radius 2 is 2.14 bits per heavy atom. The Balaban J connectivity index is 2.83. The Morgan fingerprint density at radius 3 is 2.71 bits per heavy atom. The number of carbonyl (C=O) groups is 1. The molecule has 21 heavy (non-hydrogen) atoms. The van der Waals surface area contributed by atoms with Crippen LogP contribution < -0.4 is 5.32 Å². The van der Waals surface area contributed by atoms with E-state index in [2.05, 4.69) is 5.32 Å². The third-order valence-electron chi connectivity index (χ3n) is 2.92. The summed E-state index contributed by atoms with van der Waals surface area (Å²) in [5.74, 6) is -1.99. The Morgan fingerprint density at radius 1 is 1.48 bits per heavy atom. The maximum Gasteiger partial charge on any atom is 0.238 e. The van der Waals surface area contributed by atoms with E-state index in [0.717, 1.165) is 6.07 Å². The lowest BCUT2D eigenvalue weighted by Crippen LogP contribution is -2.39. The molecule has 1 aromatic carbocycles. The van der Waals surface area contributed by atoms with Crippen LogP contribution in [0.1, 0.15) is 12.5 Å². The van der Waals surface area contributed by atoms with Crippen LogP contribution in [-0.2, 0) is 25.1 Å². The van der Waals surface area contributed by atoms with Crippen molar-refractivity contribution in [3.63, 3.8) is 0 Å². The molecule has 5 nitrogen and oxygen atoms in total. The first kappa shape index (κ1) is 17.9. The van der Waals surface area contributed by atoms with Gasteiger partial charge in [0.05, 0.1) is 12.4 Å². The first-order chi connectivity index (χ1) is 9.79. The zero-order chi connectivity index (χ0) is 16.0. The summed E-state index contributed by atoms with van der Waals surface area (Å²) in [5, 5.41) is 1.15. The van der Waals surface area contributed by atoms with Crippen LogP contribution in [-0.4, -0.2) is 39.8 Å². The third kappa shape index (κ3) is 4.94. The van der Waals surface area contributed by atoms with E-state index in [1.165, 1.54) is 26.2 Å². The van der Waals surface area contributed by atoms with Crippen molar-refractivity contribution in [3.05, 3.63) is 34.6 Å². The van der Waals surface area contributed by atoms with Crippen molar-refractivity contribution in [1.82, 2.24) is 5.32 Å². The summed E-state index contributed by atoms with van der Waals surface area (Å²) < 4.78 is 42.7. The molecular formula is C13H17ClFNO4S. The average Bonchev–Trinajstić information content (AvgIpc) is 2.42. The Hall–Kier alpha value is -1.18. The molecule has 0 radical (unpaired) electrons. The van der Waals surface area contributed by atoms with Crippen LogP contribution in [0.3, 0.4) is 0 Å². The minimum Gasteiger partial charge on any atom is -0.383 e. The fourth-order valence-corrected chi connectivity index (χ4v) is 3.24. The molecule has 1 amide bonds. The van der Waals surface area contributed by atoms with Gasteiger partial charge in [0.25, 0.3) is 0 Å². The highest BCUT2D eigenvalue weighted by Gasteiger charge is 2.29. The summed E-state index contributed by atoms with van der Waals surface area (Å²) in [5.41, 5.74) is -0.129. The van der Waals surface area contributed by atoms with Crippen LogP contribution in [0.2, 0.25) is 5.02 Å². The fourth-order valence-electron chi connectivity index (χ4n) is 1.58. The van der Waals surface area contributed by atoms with E-state index in [-0.39, 0.29) is 23.7 Å². The highest BCUT2D eigenvalue weighted by atomic mass is 35.5. The molecule has 0 heterocycles. The number of benzene rings is 1. The Labute approximate surface area is 128 Å². The highest BCUT2D eigenvalue weighted by Crippen LogP contribution is 2.23. The zero-order valence-electron chi connectivity index (χ0n) is 11.7. The van der Waals surface area contributed by atoms with Crippen molar-refractivity contribution in [2.24, 2.45) is 0 Å². The first-order valence-electron chi connectivity index (χ1n) is 6.20. The molecule has 0 aliphatic heterocycles. The number of sulfone groups is 1. The molecule has 0 bridgehead atoms. The summed E-state index contributed by atoms with van der Waals surface area (Å²) >= 11 is 5.80. The van der Waals surface area contributed by atoms with E-state index in [0.29, 0.717) is 0 Å². The van der Waals surface area contributed by atoms with E-state index < -0.39 is 32.6 Å². The molecule has 8 heteroatoms. The minimum atomic E-state index is -3.87. The predicted octanol–water partition coefficient (Wildman–Crippen LogP) is 1.54. The molecule has 0 aromatic heterocycles. The molecule has 1 rings (SSSR count). The van der Waals surface area contributed by atoms with Gasteiger partial charge in [0.15, 0.2) is 9.84 Å². The molecule has 0 aliphatic rings. The topological polar surface area (TPSA) is 72.5 Å². The third-order valence-corrected chi connectivity index (χ3v) is 5.26. The largest absolute Gasteiger partial charge is 0.383 e. The lowest BCUT2D eigenvalue weighted by atomic mass is 10.2. The van der Waals surface area contributed by atoms with Gasteiger partial charge in [-0.2, -0.15) is 0 Å². The smallest absolute Gasteiger partial charge is 0.238 e. The van der Waals surface area contributed by atoms with Crippen LogP contribution in [0.4, 0.5) is 4.39 Å². The molecule has 1 atom stereocenters. The van der Waals surface area contributed by atoms with Crippen molar-refractivity contribution in [1.29, 1.82) is 0 Å². The van der Waals surface area contributed by atoms with Gasteiger partial charge in [-0.1, -0.05) is 17.7 Å². The second-order valence-electron chi connectivity index (χ2n) is 4.43. The van der Waals surface area contributed by atoms with Crippen LogP contribution >= 0.6 is 11.6 Å². The van der Waals surface area contributed by atoms with Gasteiger partial charge in [-0.05, 0) is 19.1 Å². The first-order valence-corrected chi connectivity index (χ1v) is 8.30. The van der Waals surface area contributed by atoms with Gasteiger partial charge < -0.3 is 10.1 Å². The minimum absolute atomic E-state index is 0.0190. The van der Waals surface area contributed by atoms with Gasteiger partial charge in [-0.3, -0.25) is 4.79 Å². The molecular weight excluding hydrogens is 321 g/mol. The number of hydrogen-bond donors (Lipinski definition) is 1. The van der Waals surface area contributed by atoms with E-state index >= 15 is 0 Å². The molecule has 1 aromatic rings. The second kappa shape index (κ2) is 7.72. The van der Waals surface area contributed by atoms with Gasteiger partial charge in [0.1, 0.15) is 11.1 Å². The summed E-state index contributed by atoms with van der Waals surface area (Å²) in [6, 6.07) is 3.91. The molecule has 0 fully saturated rings. The van der Waals surface area contributed by atoms with Crippen LogP contribution in [0.25, 0.3) is 0 Å². The molecule has 0 saturated heterocycles. The van der Waals surface area contributed by atoms with Crippen molar-refractivity contribution < 1.29 is 22.3 Å². The molecule has 0 spiro atoms. The maximum atomic E-state index is 13.6. The Bertz CT molecular complexity index is 586. The van der Waals surface area contributed by atoms with Crippen molar-refractivity contribution in [2.45, 2.75) is 17.9 Å². The number of methoxy groups -OCH3 is 1. The number of amides is 1. The lowest BCUT2D eigenvalue weighted by Gasteiger charge is -2.14. The summed E-state index contributed by atoms with van der Waals surface area (Å²) in [6.07, 6.45) is 0. The fraction of sp³-hybridized carbons (Fsp3) is 0.462.